The van der Waals surface area contributed by atoms with Crippen LogP contribution in [0.3, 0.4) is 0 Å². The molecule has 0 radical (unpaired) electrons. The Morgan fingerprint density at radius 3 is 2.30 bits per heavy atom. The van der Waals surface area contributed by atoms with Crippen molar-refractivity contribution in [2.75, 3.05) is 6.61 Å². The Morgan fingerprint density at radius 1 is 1.40 bits per heavy atom. The van der Waals surface area contributed by atoms with Gasteiger partial charge in [0, 0.05) is 6.04 Å². The zero-order valence-corrected chi connectivity index (χ0v) is 6.08. The van der Waals surface area contributed by atoms with Crippen molar-refractivity contribution in [3.63, 3.8) is 0 Å². The molecule has 10 heavy (non-hydrogen) atoms. The van der Waals surface area contributed by atoms with Crippen LogP contribution in [-0.2, 0) is 0 Å². The smallest absolute Gasteiger partial charge is 0.0878 e. The van der Waals surface area contributed by atoms with Crippen molar-refractivity contribution >= 4 is 0 Å². The minimum absolute atomic E-state index is 0.125. The highest BCUT2D eigenvalue weighted by Crippen LogP contribution is 2.26. The fraction of sp³-hybridized carbons (Fsp3) is 1.00. The Balaban J connectivity index is 2.38. The number of hydrogen-bond acceptors (Lipinski definition) is 3. The van der Waals surface area contributed by atoms with Crippen LogP contribution in [0.15, 0.2) is 0 Å². The van der Waals surface area contributed by atoms with Crippen molar-refractivity contribution in [3.05, 3.63) is 0 Å². The average Bonchev–Trinajstić information content (AvgIpc) is 1.96. The maximum atomic E-state index is 9.49. The molecule has 1 rings (SSSR count). The Bertz CT molecular complexity index is 108. The van der Waals surface area contributed by atoms with Gasteiger partial charge in [-0.15, -0.1) is 0 Å². The summed E-state index contributed by atoms with van der Waals surface area (Å²) in [7, 11) is 0. The molecule has 1 fully saturated rings. The van der Waals surface area contributed by atoms with Gasteiger partial charge in [-0.05, 0) is 25.7 Å². The van der Waals surface area contributed by atoms with E-state index >= 15 is 0 Å². The molecule has 0 bridgehead atoms. The molecule has 1 aliphatic carbocycles. The number of aliphatic hydroxyl groups excluding tert-OH is 1. The molecular formula is C7H15NO2. The molecule has 4 N–H and O–H groups in total. The monoisotopic (exact) mass is 145 g/mol. The van der Waals surface area contributed by atoms with Gasteiger partial charge in [0.1, 0.15) is 0 Å². The first-order valence-corrected chi connectivity index (χ1v) is 3.75. The van der Waals surface area contributed by atoms with Gasteiger partial charge < -0.3 is 15.9 Å². The summed E-state index contributed by atoms with van der Waals surface area (Å²) in [6, 6.07) is 0.229. The van der Waals surface area contributed by atoms with Crippen LogP contribution in [0.5, 0.6) is 0 Å². The maximum absolute atomic E-state index is 9.49. The molecule has 0 amide bonds. The molecule has 0 aromatic carbocycles. The highest BCUT2D eigenvalue weighted by atomic mass is 16.3. The summed E-state index contributed by atoms with van der Waals surface area (Å²) in [4.78, 5) is 0. The largest absolute Gasteiger partial charge is 0.393 e. The SMILES string of the molecule is NC1CCC(O)(CO)CC1. The van der Waals surface area contributed by atoms with Gasteiger partial charge >= 0.3 is 0 Å². The van der Waals surface area contributed by atoms with E-state index in [1.807, 2.05) is 0 Å². The van der Waals surface area contributed by atoms with Crippen LogP contribution in [0.25, 0.3) is 0 Å². The molecule has 3 nitrogen and oxygen atoms in total. The number of hydrogen-bond donors (Lipinski definition) is 3. The van der Waals surface area contributed by atoms with Crippen molar-refractivity contribution < 1.29 is 10.2 Å². The molecule has 0 saturated heterocycles. The lowest BCUT2D eigenvalue weighted by molar-refractivity contribution is -0.0450. The van der Waals surface area contributed by atoms with E-state index in [1.165, 1.54) is 0 Å². The molecule has 0 aliphatic heterocycles. The first kappa shape index (κ1) is 7.98. The van der Waals surface area contributed by atoms with Gasteiger partial charge in [0.25, 0.3) is 0 Å². The summed E-state index contributed by atoms with van der Waals surface area (Å²) in [6.45, 7) is -0.125. The standard InChI is InChI=1S/C7H15NO2/c8-6-1-3-7(10,5-9)4-2-6/h6,9-10H,1-5,8H2. The second-order valence-corrected chi connectivity index (χ2v) is 3.22. The molecule has 0 aromatic rings. The van der Waals surface area contributed by atoms with Gasteiger partial charge in [-0.2, -0.15) is 0 Å². The third kappa shape index (κ3) is 1.68. The fourth-order valence-electron chi connectivity index (χ4n) is 1.34. The van der Waals surface area contributed by atoms with Crippen LogP contribution in [0, 0.1) is 0 Å². The molecule has 3 heteroatoms. The minimum atomic E-state index is -0.824. The fourth-order valence-corrected chi connectivity index (χ4v) is 1.34. The minimum Gasteiger partial charge on any atom is -0.393 e. The highest BCUT2D eigenvalue weighted by Gasteiger charge is 2.30. The van der Waals surface area contributed by atoms with Gasteiger partial charge in [-0.25, -0.2) is 0 Å². The molecule has 1 saturated carbocycles. The quantitative estimate of drug-likeness (QED) is 0.471. The van der Waals surface area contributed by atoms with E-state index in [4.69, 9.17) is 10.8 Å². The zero-order valence-electron chi connectivity index (χ0n) is 6.08. The predicted molar refractivity (Wildman–Crippen MR) is 38.5 cm³/mol. The molecule has 0 atom stereocenters. The number of rotatable bonds is 1. The topological polar surface area (TPSA) is 66.5 Å². The summed E-state index contributed by atoms with van der Waals surface area (Å²) in [5.74, 6) is 0. The first-order valence-electron chi connectivity index (χ1n) is 3.75. The first-order chi connectivity index (χ1) is 4.66. The molecule has 60 valence electrons. The Labute approximate surface area is 60.9 Å². The van der Waals surface area contributed by atoms with Gasteiger partial charge in [-0.1, -0.05) is 0 Å². The van der Waals surface area contributed by atoms with Crippen LogP contribution in [0.1, 0.15) is 25.7 Å². The lowest BCUT2D eigenvalue weighted by Crippen LogP contribution is -2.41. The van der Waals surface area contributed by atoms with E-state index in [-0.39, 0.29) is 12.6 Å². The number of nitrogens with two attached hydrogens (primary N) is 1. The molecule has 0 heterocycles. The van der Waals surface area contributed by atoms with Gasteiger partial charge in [-0.3, -0.25) is 0 Å². The number of aliphatic hydroxyl groups is 2. The van der Waals surface area contributed by atoms with Gasteiger partial charge in [0.2, 0.25) is 0 Å². The van der Waals surface area contributed by atoms with E-state index in [9.17, 15) is 5.11 Å². The Hall–Kier alpha value is -0.120. The second kappa shape index (κ2) is 2.86. The summed E-state index contributed by atoms with van der Waals surface area (Å²) < 4.78 is 0. The van der Waals surface area contributed by atoms with E-state index in [1.54, 1.807) is 0 Å². The van der Waals surface area contributed by atoms with Crippen LogP contribution >= 0.6 is 0 Å². The van der Waals surface area contributed by atoms with Crippen LogP contribution < -0.4 is 5.73 Å². The Kier molecular flexibility index (Phi) is 2.28. The van der Waals surface area contributed by atoms with Crippen LogP contribution in [-0.4, -0.2) is 28.5 Å². The highest BCUT2D eigenvalue weighted by molar-refractivity contribution is 4.85. The maximum Gasteiger partial charge on any atom is 0.0878 e. The molecular weight excluding hydrogens is 130 g/mol. The van der Waals surface area contributed by atoms with E-state index in [0.717, 1.165) is 12.8 Å². The van der Waals surface area contributed by atoms with Crippen molar-refractivity contribution in [1.82, 2.24) is 0 Å². The van der Waals surface area contributed by atoms with Crippen molar-refractivity contribution in [2.45, 2.75) is 37.3 Å². The van der Waals surface area contributed by atoms with Crippen LogP contribution in [0.4, 0.5) is 0 Å². The van der Waals surface area contributed by atoms with Crippen molar-refractivity contribution in [3.8, 4) is 0 Å². The summed E-state index contributed by atoms with van der Waals surface area (Å²) in [5, 5.41) is 18.2. The van der Waals surface area contributed by atoms with E-state index in [2.05, 4.69) is 0 Å². The van der Waals surface area contributed by atoms with E-state index < -0.39 is 5.60 Å². The predicted octanol–water partition coefficient (Wildman–Crippen LogP) is -0.389. The van der Waals surface area contributed by atoms with Crippen molar-refractivity contribution in [1.29, 1.82) is 0 Å². The lowest BCUT2D eigenvalue weighted by Gasteiger charge is -2.32. The summed E-state index contributed by atoms with van der Waals surface area (Å²) >= 11 is 0. The zero-order chi connectivity index (χ0) is 7.61. The van der Waals surface area contributed by atoms with Gasteiger partial charge in [0.15, 0.2) is 0 Å². The second-order valence-electron chi connectivity index (χ2n) is 3.22. The van der Waals surface area contributed by atoms with Crippen LogP contribution in [0.2, 0.25) is 0 Å². The van der Waals surface area contributed by atoms with Crippen molar-refractivity contribution in [2.24, 2.45) is 5.73 Å². The van der Waals surface area contributed by atoms with E-state index in [0.29, 0.717) is 12.8 Å². The molecule has 0 aromatic heterocycles. The third-order valence-electron chi connectivity index (χ3n) is 2.26. The molecule has 0 unspecified atom stereocenters. The summed E-state index contributed by atoms with van der Waals surface area (Å²) in [6.07, 6.45) is 2.95. The third-order valence-corrected chi connectivity index (χ3v) is 2.26. The molecule has 1 aliphatic rings. The average molecular weight is 145 g/mol. The van der Waals surface area contributed by atoms with Gasteiger partial charge in [0.05, 0.1) is 12.2 Å². The normalized spacial score (nSPS) is 41.7. The Morgan fingerprint density at radius 2 is 1.90 bits per heavy atom. The lowest BCUT2D eigenvalue weighted by atomic mass is 9.83. The molecule has 0 spiro atoms. The summed E-state index contributed by atoms with van der Waals surface area (Å²) in [5.41, 5.74) is 4.79.